The molecule has 3 fully saturated rings. The molecule has 2 aromatic carbocycles. The zero-order valence-corrected chi connectivity index (χ0v) is 29.3. The molecule has 0 aromatic heterocycles. The standard InChI is InChI=1S/C35H35Cl2F3N6O6/c36-24-5-4-23(35(38,39)40)32(37)31(24)19-14-27(47)21(28(48)15-19)16-41-8-9-44-10-12-45(13-11-44)18-30(50)42-25-3-1-2-20-22(25)17-46(34(20)52)26-6-7-29(49)43-33(26)51/h1-5,16,19,26,41H,6-15,17-18H2,(H,42,50)(H,43,49,51). The number of piperidine rings is 1. The number of carbonyl (C=O) groups is 6. The zero-order valence-electron chi connectivity index (χ0n) is 27.8. The van der Waals surface area contributed by atoms with Crippen molar-refractivity contribution in [2.45, 2.75) is 50.4 Å². The van der Waals surface area contributed by atoms with Crippen LogP contribution in [0.3, 0.4) is 0 Å². The summed E-state index contributed by atoms with van der Waals surface area (Å²) in [4.78, 5) is 81.4. The molecule has 3 N–H and O–H groups in total. The van der Waals surface area contributed by atoms with Crippen LogP contribution in [0.2, 0.25) is 10.0 Å². The van der Waals surface area contributed by atoms with Gasteiger partial charge in [0.05, 0.1) is 22.7 Å². The predicted molar refractivity (Wildman–Crippen MR) is 184 cm³/mol. The molecule has 52 heavy (non-hydrogen) atoms. The Morgan fingerprint density at radius 2 is 1.65 bits per heavy atom. The molecule has 2 saturated heterocycles. The number of anilines is 1. The van der Waals surface area contributed by atoms with Gasteiger partial charge in [-0.05, 0) is 36.2 Å². The highest BCUT2D eigenvalue weighted by molar-refractivity contribution is 6.37. The number of rotatable bonds is 9. The largest absolute Gasteiger partial charge is 0.417 e. The number of hydrogen-bond donors (Lipinski definition) is 3. The van der Waals surface area contributed by atoms with Crippen molar-refractivity contribution in [2.75, 3.05) is 51.1 Å². The fourth-order valence-electron chi connectivity index (χ4n) is 7.09. The number of piperazine rings is 1. The average molecular weight is 764 g/mol. The molecule has 1 atom stereocenters. The second-order valence-electron chi connectivity index (χ2n) is 13.2. The Balaban J connectivity index is 0.943. The molecule has 2 aromatic rings. The highest BCUT2D eigenvalue weighted by Crippen LogP contribution is 2.45. The van der Waals surface area contributed by atoms with Crippen LogP contribution in [0.5, 0.6) is 0 Å². The Labute approximate surface area is 306 Å². The minimum absolute atomic E-state index is 0.0352. The SMILES string of the molecule is O=C1CCC(N2Cc3c(NC(=O)CN4CCN(CCNC=C5C(=O)CC(c6c(Cl)ccc(C(F)(F)F)c6Cl)CC5=O)CC4)cccc3C2=O)C(=O)N1. The van der Waals surface area contributed by atoms with Gasteiger partial charge in [-0.25, -0.2) is 0 Å². The van der Waals surface area contributed by atoms with E-state index in [1.165, 1.54) is 11.1 Å². The molecular weight excluding hydrogens is 728 g/mol. The van der Waals surface area contributed by atoms with Crippen molar-refractivity contribution in [1.82, 2.24) is 25.3 Å². The highest BCUT2D eigenvalue weighted by Gasteiger charge is 2.41. The monoisotopic (exact) mass is 762 g/mol. The van der Waals surface area contributed by atoms with Crippen LogP contribution >= 0.6 is 23.2 Å². The van der Waals surface area contributed by atoms with Crippen molar-refractivity contribution >= 4 is 64.1 Å². The van der Waals surface area contributed by atoms with Gasteiger partial charge in [0.2, 0.25) is 17.7 Å². The second-order valence-corrected chi connectivity index (χ2v) is 14.0. The van der Waals surface area contributed by atoms with Crippen molar-refractivity contribution in [3.05, 3.63) is 74.4 Å². The van der Waals surface area contributed by atoms with E-state index in [1.807, 2.05) is 4.90 Å². The number of imide groups is 1. The Hall–Kier alpha value is -4.31. The summed E-state index contributed by atoms with van der Waals surface area (Å²) in [5.41, 5.74) is 0.352. The van der Waals surface area contributed by atoms with Crippen molar-refractivity contribution in [1.29, 1.82) is 0 Å². The molecule has 0 spiro atoms. The molecule has 6 rings (SSSR count). The average Bonchev–Trinajstić information content (AvgIpc) is 3.40. The first-order valence-corrected chi connectivity index (χ1v) is 17.5. The van der Waals surface area contributed by atoms with E-state index in [4.69, 9.17) is 23.2 Å². The molecule has 0 radical (unpaired) electrons. The van der Waals surface area contributed by atoms with Gasteiger partial charge in [0.1, 0.15) is 6.04 Å². The normalized spacial score (nSPS) is 21.7. The van der Waals surface area contributed by atoms with Gasteiger partial charge in [0.15, 0.2) is 11.6 Å². The number of halogens is 5. The second kappa shape index (κ2) is 15.3. The number of benzene rings is 2. The van der Waals surface area contributed by atoms with E-state index in [1.54, 1.807) is 18.2 Å². The van der Waals surface area contributed by atoms with Crippen LogP contribution in [0.15, 0.2) is 42.1 Å². The summed E-state index contributed by atoms with van der Waals surface area (Å²) in [5, 5.41) is 7.56. The summed E-state index contributed by atoms with van der Waals surface area (Å²) in [6, 6.07) is 6.13. The number of fused-ring (bicyclic) bond motifs is 1. The third kappa shape index (κ3) is 8.02. The zero-order chi connectivity index (χ0) is 37.3. The Kier molecular flexibility index (Phi) is 11.1. The Bertz CT molecular complexity index is 1840. The van der Waals surface area contributed by atoms with Gasteiger partial charge in [-0.1, -0.05) is 29.3 Å². The first-order valence-electron chi connectivity index (χ1n) is 16.8. The lowest BCUT2D eigenvalue weighted by atomic mass is 9.79. The minimum Gasteiger partial charge on any atom is -0.389 e. The quantitative estimate of drug-likeness (QED) is 0.151. The fraction of sp³-hybridized carbons (Fsp3) is 0.429. The van der Waals surface area contributed by atoms with Crippen LogP contribution in [0.25, 0.3) is 0 Å². The van der Waals surface area contributed by atoms with Gasteiger partial charge in [-0.15, -0.1) is 0 Å². The summed E-state index contributed by atoms with van der Waals surface area (Å²) in [6.07, 6.45) is -3.38. The molecule has 1 saturated carbocycles. The van der Waals surface area contributed by atoms with Crippen LogP contribution in [-0.4, -0.2) is 102 Å². The maximum Gasteiger partial charge on any atom is 0.417 e. The van der Waals surface area contributed by atoms with Crippen molar-refractivity contribution in [2.24, 2.45) is 0 Å². The van der Waals surface area contributed by atoms with E-state index in [9.17, 15) is 41.9 Å². The number of amides is 4. The van der Waals surface area contributed by atoms with Gasteiger partial charge in [0, 0.05) is 99.0 Å². The number of alkyl halides is 3. The lowest BCUT2D eigenvalue weighted by Gasteiger charge is -2.34. The maximum absolute atomic E-state index is 13.4. The Morgan fingerprint density at radius 1 is 0.962 bits per heavy atom. The van der Waals surface area contributed by atoms with Gasteiger partial charge < -0.3 is 15.5 Å². The predicted octanol–water partition coefficient (Wildman–Crippen LogP) is 3.52. The molecule has 276 valence electrons. The smallest absolute Gasteiger partial charge is 0.389 e. The van der Waals surface area contributed by atoms with Crippen LogP contribution in [0.1, 0.15) is 58.6 Å². The molecule has 1 aliphatic carbocycles. The summed E-state index contributed by atoms with van der Waals surface area (Å²) in [5.74, 6) is -3.33. The number of Topliss-reactive ketones (excluding diaryl/α,β-unsaturated/α-hetero) is 2. The topological polar surface area (TPSA) is 148 Å². The molecule has 3 heterocycles. The number of nitrogens with zero attached hydrogens (tertiary/aromatic N) is 3. The van der Waals surface area contributed by atoms with E-state index >= 15 is 0 Å². The first-order chi connectivity index (χ1) is 24.7. The molecule has 3 aliphatic heterocycles. The van der Waals surface area contributed by atoms with E-state index in [0.717, 1.165) is 12.1 Å². The minimum atomic E-state index is -4.71. The summed E-state index contributed by atoms with van der Waals surface area (Å²) in [6.45, 7) is 3.86. The fourth-order valence-corrected chi connectivity index (χ4v) is 7.87. The van der Waals surface area contributed by atoms with E-state index in [2.05, 4.69) is 20.9 Å². The van der Waals surface area contributed by atoms with Crippen molar-refractivity contribution in [3.8, 4) is 0 Å². The van der Waals surface area contributed by atoms with E-state index in [-0.39, 0.29) is 72.7 Å². The lowest BCUT2D eigenvalue weighted by molar-refractivity contribution is -0.138. The molecule has 4 aliphatic rings. The van der Waals surface area contributed by atoms with E-state index in [0.29, 0.717) is 56.1 Å². The molecular formula is C35H35Cl2F3N6O6. The first kappa shape index (κ1) is 37.4. The maximum atomic E-state index is 13.4. The van der Waals surface area contributed by atoms with Gasteiger partial charge in [0.25, 0.3) is 5.91 Å². The van der Waals surface area contributed by atoms with Crippen LogP contribution in [-0.2, 0) is 36.7 Å². The van der Waals surface area contributed by atoms with E-state index < -0.39 is 46.2 Å². The summed E-state index contributed by atoms with van der Waals surface area (Å²) < 4.78 is 40.2. The van der Waals surface area contributed by atoms with Crippen molar-refractivity contribution < 1.29 is 41.9 Å². The number of allylic oxidation sites excluding steroid dienone is 1. The summed E-state index contributed by atoms with van der Waals surface area (Å²) in [7, 11) is 0. The van der Waals surface area contributed by atoms with Gasteiger partial charge in [-0.2, -0.15) is 13.2 Å². The van der Waals surface area contributed by atoms with Gasteiger partial charge in [-0.3, -0.25) is 43.9 Å². The molecule has 4 amide bonds. The number of ketones is 2. The molecule has 1 unspecified atom stereocenters. The van der Waals surface area contributed by atoms with Crippen LogP contribution in [0.4, 0.5) is 18.9 Å². The van der Waals surface area contributed by atoms with Crippen molar-refractivity contribution in [3.63, 3.8) is 0 Å². The van der Waals surface area contributed by atoms with Gasteiger partial charge >= 0.3 is 6.18 Å². The molecule has 17 heteroatoms. The Morgan fingerprint density at radius 3 is 2.33 bits per heavy atom. The molecule has 0 bridgehead atoms. The summed E-state index contributed by atoms with van der Waals surface area (Å²) >= 11 is 12.2. The third-order valence-electron chi connectivity index (χ3n) is 9.81. The van der Waals surface area contributed by atoms with Crippen LogP contribution in [0, 0.1) is 0 Å². The van der Waals surface area contributed by atoms with Crippen LogP contribution < -0.4 is 16.0 Å². The molecule has 12 nitrogen and oxygen atoms in total. The highest BCUT2D eigenvalue weighted by atomic mass is 35.5. The number of carbonyl (C=O) groups excluding carboxylic acids is 6. The third-order valence-corrected chi connectivity index (χ3v) is 10.5. The number of nitrogens with one attached hydrogen (secondary N) is 3. The lowest BCUT2D eigenvalue weighted by Crippen LogP contribution is -2.52. The number of hydrogen-bond acceptors (Lipinski definition) is 9.